The van der Waals surface area contributed by atoms with E-state index in [9.17, 15) is 24.9 Å². The Balaban J connectivity index is 2.20. The average molecular weight is 408 g/mol. The third-order valence-corrected chi connectivity index (χ3v) is 4.43. The van der Waals surface area contributed by atoms with Crippen LogP contribution in [0.25, 0.3) is 33.1 Å². The van der Waals surface area contributed by atoms with Crippen molar-refractivity contribution in [2.75, 3.05) is 0 Å². The molecule has 8 nitrogen and oxygen atoms in total. The Morgan fingerprint density at radius 1 is 0.833 bits per heavy atom. The topological polar surface area (TPSA) is 126 Å². The van der Waals surface area contributed by atoms with Gasteiger partial charge in [0.2, 0.25) is 0 Å². The molecule has 0 atom stereocenters. The van der Waals surface area contributed by atoms with Gasteiger partial charge in [-0.2, -0.15) is 0 Å². The van der Waals surface area contributed by atoms with E-state index in [1.54, 1.807) is 0 Å². The summed E-state index contributed by atoms with van der Waals surface area (Å²) in [5.41, 5.74) is 0.619. The minimum Gasteiger partial charge on any atom is -0.508 e. The summed E-state index contributed by atoms with van der Waals surface area (Å²) in [6.45, 7) is 2.36. The van der Waals surface area contributed by atoms with Crippen molar-refractivity contribution in [3.8, 4) is 39.9 Å². The van der Waals surface area contributed by atoms with Gasteiger partial charge in [0.15, 0.2) is 22.8 Å². The first-order valence-electron chi connectivity index (χ1n) is 8.86. The Hall–Kier alpha value is -4.20. The van der Waals surface area contributed by atoms with Crippen LogP contribution in [0, 0.1) is 0 Å². The molecule has 30 heavy (non-hydrogen) atoms. The van der Waals surface area contributed by atoms with Crippen LogP contribution in [0.1, 0.15) is 13.8 Å². The van der Waals surface area contributed by atoms with Gasteiger partial charge in [-0.1, -0.05) is 12.1 Å². The third-order valence-electron chi connectivity index (χ3n) is 4.43. The molecule has 1 heterocycles. The summed E-state index contributed by atoms with van der Waals surface area (Å²) in [4.78, 5) is 23.7. The lowest BCUT2D eigenvalue weighted by Crippen LogP contribution is -2.09. The first-order valence-corrected chi connectivity index (χ1v) is 8.86. The minimum absolute atomic E-state index is 0.00669. The zero-order valence-electron chi connectivity index (χ0n) is 15.9. The molecule has 0 aliphatic rings. The summed E-state index contributed by atoms with van der Waals surface area (Å²) in [5, 5.41) is 31.0. The molecule has 0 unspecified atom stereocenters. The molecule has 4 rings (SSSR count). The highest BCUT2D eigenvalue weighted by molar-refractivity contribution is 6.15. The van der Waals surface area contributed by atoms with Crippen molar-refractivity contribution in [1.82, 2.24) is 0 Å². The van der Waals surface area contributed by atoms with Crippen molar-refractivity contribution in [3.05, 3.63) is 42.5 Å². The molecule has 0 bridgehead atoms. The monoisotopic (exact) mass is 408 g/mol. The summed E-state index contributed by atoms with van der Waals surface area (Å²) in [6, 6.07) is 10.0. The van der Waals surface area contributed by atoms with Gasteiger partial charge >= 0.3 is 11.9 Å². The van der Waals surface area contributed by atoms with Crippen molar-refractivity contribution in [2.45, 2.75) is 13.8 Å². The van der Waals surface area contributed by atoms with Gasteiger partial charge in [-0.3, -0.25) is 9.59 Å². The molecule has 3 N–H and O–H groups in total. The molecule has 0 spiro atoms. The fraction of sp³-hybridized carbons (Fsp3) is 0.0909. The third kappa shape index (κ3) is 3.14. The molecule has 0 fully saturated rings. The maximum absolute atomic E-state index is 11.9. The molecule has 3 aromatic carbocycles. The quantitative estimate of drug-likeness (QED) is 0.340. The van der Waals surface area contributed by atoms with Gasteiger partial charge in [0.1, 0.15) is 17.1 Å². The second-order valence-corrected chi connectivity index (χ2v) is 6.60. The van der Waals surface area contributed by atoms with Crippen LogP contribution in [0.2, 0.25) is 0 Å². The van der Waals surface area contributed by atoms with E-state index < -0.39 is 11.9 Å². The normalized spacial score (nSPS) is 11.0. The van der Waals surface area contributed by atoms with Gasteiger partial charge in [-0.25, -0.2) is 0 Å². The van der Waals surface area contributed by atoms with Crippen molar-refractivity contribution in [2.24, 2.45) is 0 Å². The molecule has 152 valence electrons. The Morgan fingerprint density at radius 2 is 1.43 bits per heavy atom. The van der Waals surface area contributed by atoms with E-state index in [4.69, 9.17) is 13.9 Å². The van der Waals surface area contributed by atoms with E-state index >= 15 is 0 Å². The van der Waals surface area contributed by atoms with E-state index in [1.807, 2.05) is 0 Å². The lowest BCUT2D eigenvalue weighted by atomic mass is 9.99. The molecule has 0 saturated heterocycles. The van der Waals surface area contributed by atoms with E-state index in [0.717, 1.165) is 0 Å². The Labute approximate surface area is 169 Å². The molecule has 8 heteroatoms. The maximum Gasteiger partial charge on any atom is 0.308 e. The van der Waals surface area contributed by atoms with E-state index in [1.165, 1.54) is 56.3 Å². The molecule has 0 amide bonds. The number of ether oxygens (including phenoxy) is 2. The number of furan rings is 1. The average Bonchev–Trinajstić information content (AvgIpc) is 3.04. The van der Waals surface area contributed by atoms with Crippen LogP contribution in [0.4, 0.5) is 0 Å². The number of aromatic hydroxyl groups is 3. The maximum atomic E-state index is 11.9. The molecule has 1 aromatic heterocycles. The number of benzene rings is 3. The lowest BCUT2D eigenvalue weighted by Gasteiger charge is -2.16. The standard InChI is InChI=1S/C22H16O8/c1-10(23)28-21-17(12-3-5-13(25)6-4-12)19(27)20-18(22(21)29-11(2)24)15-8-7-14(26)9-16(15)30-20/h3-9,25-27H,1-2H3. The number of rotatable bonds is 3. The molecule has 4 aromatic rings. The van der Waals surface area contributed by atoms with E-state index in [0.29, 0.717) is 10.9 Å². The fourth-order valence-electron chi connectivity index (χ4n) is 3.30. The first-order chi connectivity index (χ1) is 14.3. The summed E-state index contributed by atoms with van der Waals surface area (Å²) in [5.74, 6) is -2.10. The molecule has 0 aliphatic carbocycles. The Morgan fingerprint density at radius 3 is 2.07 bits per heavy atom. The number of phenolic OH excluding ortho intramolecular Hbond substituents is 3. The number of carbonyl (C=O) groups is 2. The number of carbonyl (C=O) groups excluding carboxylic acids is 2. The Bertz CT molecular complexity index is 1320. The second kappa shape index (κ2) is 7.00. The zero-order chi connectivity index (χ0) is 21.6. The number of hydrogen-bond acceptors (Lipinski definition) is 8. The summed E-state index contributed by atoms with van der Waals surface area (Å²) >= 11 is 0. The predicted molar refractivity (Wildman–Crippen MR) is 107 cm³/mol. The van der Waals surface area contributed by atoms with Crippen LogP contribution >= 0.6 is 0 Å². The van der Waals surface area contributed by atoms with Gasteiger partial charge in [0.25, 0.3) is 0 Å². The zero-order valence-corrected chi connectivity index (χ0v) is 15.9. The van der Waals surface area contributed by atoms with Crippen LogP contribution in [0.3, 0.4) is 0 Å². The van der Waals surface area contributed by atoms with Gasteiger partial charge in [-0.05, 0) is 29.8 Å². The van der Waals surface area contributed by atoms with Crippen molar-refractivity contribution < 1.29 is 38.8 Å². The van der Waals surface area contributed by atoms with Gasteiger partial charge in [-0.15, -0.1) is 0 Å². The molecular weight excluding hydrogens is 392 g/mol. The van der Waals surface area contributed by atoms with Crippen molar-refractivity contribution in [3.63, 3.8) is 0 Å². The highest BCUT2D eigenvalue weighted by atomic mass is 16.6. The summed E-state index contributed by atoms with van der Waals surface area (Å²) < 4.78 is 16.5. The minimum atomic E-state index is -0.701. The van der Waals surface area contributed by atoms with E-state index in [2.05, 4.69) is 0 Å². The summed E-state index contributed by atoms with van der Waals surface area (Å²) in [6.07, 6.45) is 0. The lowest BCUT2D eigenvalue weighted by molar-refractivity contribution is -0.134. The highest BCUT2D eigenvalue weighted by Gasteiger charge is 2.29. The number of fused-ring (bicyclic) bond motifs is 3. The largest absolute Gasteiger partial charge is 0.508 e. The number of hydrogen-bond donors (Lipinski definition) is 3. The highest BCUT2D eigenvalue weighted by Crippen LogP contribution is 2.53. The van der Waals surface area contributed by atoms with Crippen molar-refractivity contribution in [1.29, 1.82) is 0 Å². The molecular formula is C22H16O8. The van der Waals surface area contributed by atoms with Crippen LogP contribution in [-0.4, -0.2) is 27.3 Å². The van der Waals surface area contributed by atoms with Gasteiger partial charge in [0, 0.05) is 25.3 Å². The van der Waals surface area contributed by atoms with Gasteiger partial charge in [0.05, 0.1) is 10.9 Å². The Kier molecular flexibility index (Phi) is 4.46. The fourth-order valence-corrected chi connectivity index (χ4v) is 3.30. The molecule has 0 radical (unpaired) electrons. The second-order valence-electron chi connectivity index (χ2n) is 6.60. The number of esters is 2. The predicted octanol–water partition coefficient (Wildman–Crippen LogP) is 4.22. The van der Waals surface area contributed by atoms with Crippen LogP contribution in [0.15, 0.2) is 46.9 Å². The van der Waals surface area contributed by atoms with Crippen LogP contribution < -0.4 is 9.47 Å². The smallest absolute Gasteiger partial charge is 0.308 e. The van der Waals surface area contributed by atoms with Crippen LogP contribution in [-0.2, 0) is 9.59 Å². The molecule has 0 saturated carbocycles. The molecule has 0 aliphatic heterocycles. The summed E-state index contributed by atoms with van der Waals surface area (Å²) in [7, 11) is 0. The van der Waals surface area contributed by atoms with Crippen LogP contribution in [0.5, 0.6) is 28.7 Å². The first kappa shape index (κ1) is 19.1. The van der Waals surface area contributed by atoms with Gasteiger partial charge < -0.3 is 29.2 Å². The van der Waals surface area contributed by atoms with Crippen molar-refractivity contribution >= 4 is 33.9 Å². The SMILES string of the molecule is CC(=O)Oc1c(-c2ccc(O)cc2)c(O)c2oc3cc(O)ccc3c2c1OC(C)=O. The van der Waals surface area contributed by atoms with E-state index in [-0.39, 0.29) is 50.9 Å². The number of phenols is 3.